The molecule has 0 radical (unpaired) electrons. The Balaban J connectivity index is 2.36. The molecule has 1 rings (SSSR count). The number of amides is 3. The van der Waals surface area contributed by atoms with Gasteiger partial charge in [0.25, 0.3) is 0 Å². The average Bonchev–Trinajstić information content (AvgIpc) is 2.28. The normalized spacial score (nSPS) is 18.0. The van der Waals surface area contributed by atoms with Crippen molar-refractivity contribution >= 4 is 17.9 Å². The predicted octanol–water partition coefficient (Wildman–Crippen LogP) is -0.230. The number of carbonyl (C=O) groups excluding carboxylic acids is 2. The smallest absolute Gasteiger partial charge is 0.325 e. The Morgan fingerprint density at radius 2 is 1.83 bits per heavy atom. The summed E-state index contributed by atoms with van der Waals surface area (Å²) in [6.07, 6.45) is 1.38. The van der Waals surface area contributed by atoms with Crippen LogP contribution in [0, 0.1) is 0 Å². The van der Waals surface area contributed by atoms with Gasteiger partial charge in [-0.25, -0.2) is 4.79 Å². The molecule has 0 aromatic carbocycles. The Kier molecular flexibility index (Phi) is 4.94. The molecule has 3 amide bonds. The topological polar surface area (TPSA) is 98.7 Å². The number of urea groups is 1. The molecule has 7 nitrogen and oxygen atoms in total. The third-order valence-corrected chi connectivity index (χ3v) is 2.90. The van der Waals surface area contributed by atoms with Crippen LogP contribution in [0.1, 0.15) is 26.7 Å². The third-order valence-electron chi connectivity index (χ3n) is 2.90. The van der Waals surface area contributed by atoms with Crippen molar-refractivity contribution in [2.75, 3.05) is 13.1 Å². The van der Waals surface area contributed by atoms with Gasteiger partial charge in [-0.05, 0) is 19.8 Å². The monoisotopic (exact) mass is 257 g/mol. The zero-order valence-electron chi connectivity index (χ0n) is 10.6. The van der Waals surface area contributed by atoms with Crippen LogP contribution in [0.15, 0.2) is 0 Å². The number of aliphatic carboxylic acids is 1. The first-order chi connectivity index (χ1) is 8.40. The molecule has 0 unspecified atom stereocenters. The van der Waals surface area contributed by atoms with Gasteiger partial charge in [-0.1, -0.05) is 0 Å². The van der Waals surface area contributed by atoms with Crippen LogP contribution in [0.2, 0.25) is 0 Å². The summed E-state index contributed by atoms with van der Waals surface area (Å²) in [6.45, 7) is 3.92. The molecular formula is C11H19N3O4. The highest BCUT2D eigenvalue weighted by atomic mass is 16.4. The summed E-state index contributed by atoms with van der Waals surface area (Å²) in [6, 6.07) is -1.17. The maximum atomic E-state index is 11.7. The first-order valence-corrected chi connectivity index (χ1v) is 5.95. The maximum Gasteiger partial charge on any atom is 0.325 e. The zero-order valence-corrected chi connectivity index (χ0v) is 10.6. The van der Waals surface area contributed by atoms with Crippen molar-refractivity contribution in [3.8, 4) is 0 Å². The van der Waals surface area contributed by atoms with Crippen molar-refractivity contribution in [2.45, 2.75) is 38.8 Å². The molecule has 1 saturated heterocycles. The molecule has 18 heavy (non-hydrogen) atoms. The van der Waals surface area contributed by atoms with Crippen LogP contribution in [-0.2, 0) is 9.59 Å². The summed E-state index contributed by atoms with van der Waals surface area (Å²) >= 11 is 0. The van der Waals surface area contributed by atoms with E-state index in [2.05, 4.69) is 10.6 Å². The van der Waals surface area contributed by atoms with Crippen molar-refractivity contribution in [3.63, 3.8) is 0 Å². The second-order valence-corrected chi connectivity index (χ2v) is 4.47. The largest absolute Gasteiger partial charge is 0.480 e. The van der Waals surface area contributed by atoms with Crippen LogP contribution < -0.4 is 10.6 Å². The van der Waals surface area contributed by atoms with Crippen LogP contribution in [-0.4, -0.2) is 53.1 Å². The quantitative estimate of drug-likeness (QED) is 0.650. The standard InChI is InChI=1S/C11H19N3O4/c1-7(10(16)17)12-11(18)14-5-3-9(4-6-14)13-8(2)15/h7,9H,3-6H2,1-2H3,(H,12,18)(H,13,15)(H,16,17)/t7-/m1/s1. The molecule has 1 atom stereocenters. The minimum Gasteiger partial charge on any atom is -0.480 e. The van der Waals surface area contributed by atoms with Crippen molar-refractivity contribution in [1.82, 2.24) is 15.5 Å². The number of nitrogens with one attached hydrogen (secondary N) is 2. The Bertz CT molecular complexity index is 337. The number of piperidine rings is 1. The highest BCUT2D eigenvalue weighted by Gasteiger charge is 2.25. The molecular weight excluding hydrogens is 238 g/mol. The van der Waals surface area contributed by atoms with Crippen LogP contribution in [0.3, 0.4) is 0 Å². The van der Waals surface area contributed by atoms with Crippen LogP contribution in [0.25, 0.3) is 0 Å². The number of likely N-dealkylation sites (tertiary alicyclic amines) is 1. The van der Waals surface area contributed by atoms with E-state index in [-0.39, 0.29) is 18.0 Å². The zero-order chi connectivity index (χ0) is 13.7. The van der Waals surface area contributed by atoms with Crippen molar-refractivity contribution in [3.05, 3.63) is 0 Å². The van der Waals surface area contributed by atoms with E-state index >= 15 is 0 Å². The van der Waals surface area contributed by atoms with Gasteiger partial charge in [-0.2, -0.15) is 0 Å². The van der Waals surface area contributed by atoms with E-state index in [0.29, 0.717) is 25.9 Å². The second-order valence-electron chi connectivity index (χ2n) is 4.47. The lowest BCUT2D eigenvalue weighted by Gasteiger charge is -2.32. The summed E-state index contributed by atoms with van der Waals surface area (Å²) in [4.78, 5) is 34.8. The van der Waals surface area contributed by atoms with Gasteiger partial charge in [0.15, 0.2) is 0 Å². The molecule has 0 bridgehead atoms. The Hall–Kier alpha value is -1.79. The number of nitrogens with zero attached hydrogens (tertiary/aromatic N) is 1. The van der Waals surface area contributed by atoms with Gasteiger partial charge in [0.2, 0.25) is 5.91 Å². The third kappa shape index (κ3) is 4.23. The summed E-state index contributed by atoms with van der Waals surface area (Å²) in [7, 11) is 0. The van der Waals surface area contributed by atoms with Gasteiger partial charge in [-0.15, -0.1) is 0 Å². The van der Waals surface area contributed by atoms with Gasteiger partial charge in [0.1, 0.15) is 6.04 Å². The van der Waals surface area contributed by atoms with E-state index < -0.39 is 12.0 Å². The van der Waals surface area contributed by atoms with Gasteiger partial charge < -0.3 is 20.6 Å². The highest BCUT2D eigenvalue weighted by Crippen LogP contribution is 2.10. The van der Waals surface area contributed by atoms with Gasteiger partial charge in [-0.3, -0.25) is 9.59 Å². The average molecular weight is 257 g/mol. The SMILES string of the molecule is CC(=O)NC1CCN(C(=O)N[C@H](C)C(=O)O)CC1. The lowest BCUT2D eigenvalue weighted by molar-refractivity contribution is -0.138. The maximum absolute atomic E-state index is 11.7. The lowest BCUT2D eigenvalue weighted by Crippen LogP contribution is -2.51. The van der Waals surface area contributed by atoms with Gasteiger partial charge >= 0.3 is 12.0 Å². The van der Waals surface area contributed by atoms with Gasteiger partial charge in [0.05, 0.1) is 0 Å². The number of carboxylic acids is 1. The first kappa shape index (κ1) is 14.3. The van der Waals surface area contributed by atoms with Crippen molar-refractivity contribution in [1.29, 1.82) is 0 Å². The van der Waals surface area contributed by atoms with Crippen molar-refractivity contribution < 1.29 is 19.5 Å². The minimum atomic E-state index is -1.06. The first-order valence-electron chi connectivity index (χ1n) is 5.95. The predicted molar refractivity (Wildman–Crippen MR) is 64.0 cm³/mol. The molecule has 0 saturated carbocycles. The number of carbonyl (C=O) groups is 3. The molecule has 0 aliphatic carbocycles. The van der Waals surface area contributed by atoms with Crippen LogP contribution in [0.5, 0.6) is 0 Å². The number of rotatable bonds is 3. The number of carboxylic acid groups (broad SMARTS) is 1. The van der Waals surface area contributed by atoms with E-state index in [0.717, 1.165) is 0 Å². The fraction of sp³-hybridized carbons (Fsp3) is 0.727. The fourth-order valence-corrected chi connectivity index (χ4v) is 1.85. The van der Waals surface area contributed by atoms with Crippen molar-refractivity contribution in [2.24, 2.45) is 0 Å². The molecule has 0 aromatic heterocycles. The number of hydrogen-bond donors (Lipinski definition) is 3. The lowest BCUT2D eigenvalue weighted by atomic mass is 10.1. The Morgan fingerprint density at radius 1 is 1.28 bits per heavy atom. The summed E-state index contributed by atoms with van der Waals surface area (Å²) in [5.74, 6) is -1.13. The van der Waals surface area contributed by atoms with E-state index in [1.165, 1.54) is 13.8 Å². The number of hydrogen-bond acceptors (Lipinski definition) is 3. The Labute approximate surface area is 106 Å². The summed E-state index contributed by atoms with van der Waals surface area (Å²) < 4.78 is 0. The highest BCUT2D eigenvalue weighted by molar-refractivity contribution is 5.82. The van der Waals surface area contributed by atoms with E-state index in [4.69, 9.17) is 5.11 Å². The minimum absolute atomic E-state index is 0.0719. The molecule has 3 N–H and O–H groups in total. The molecule has 0 spiro atoms. The molecule has 1 heterocycles. The molecule has 1 aliphatic rings. The fourth-order valence-electron chi connectivity index (χ4n) is 1.85. The molecule has 7 heteroatoms. The van der Waals surface area contributed by atoms with E-state index in [1.54, 1.807) is 4.90 Å². The summed E-state index contributed by atoms with van der Waals surface area (Å²) in [5.41, 5.74) is 0. The van der Waals surface area contributed by atoms with E-state index in [9.17, 15) is 14.4 Å². The molecule has 1 fully saturated rings. The van der Waals surface area contributed by atoms with Crippen LogP contribution >= 0.6 is 0 Å². The Morgan fingerprint density at radius 3 is 2.28 bits per heavy atom. The molecule has 0 aromatic rings. The molecule has 1 aliphatic heterocycles. The molecule has 102 valence electrons. The van der Waals surface area contributed by atoms with Gasteiger partial charge in [0, 0.05) is 26.1 Å². The van der Waals surface area contributed by atoms with E-state index in [1.807, 2.05) is 0 Å². The van der Waals surface area contributed by atoms with Crippen LogP contribution in [0.4, 0.5) is 4.79 Å². The summed E-state index contributed by atoms with van der Waals surface area (Å²) in [5, 5.41) is 13.9. The second kappa shape index (κ2) is 6.23.